The van der Waals surface area contributed by atoms with E-state index in [0.717, 1.165) is 0 Å². The summed E-state index contributed by atoms with van der Waals surface area (Å²) >= 11 is 5.89. The molecule has 6 nitrogen and oxygen atoms in total. The Bertz CT molecular complexity index is 1000. The van der Waals surface area contributed by atoms with Crippen molar-refractivity contribution in [3.8, 4) is 5.75 Å². The van der Waals surface area contributed by atoms with Crippen LogP contribution in [0.15, 0.2) is 65.1 Å². The van der Waals surface area contributed by atoms with E-state index in [2.05, 4.69) is 0 Å². The summed E-state index contributed by atoms with van der Waals surface area (Å²) in [5.41, 5.74) is 0.595. The number of hydrogen-bond acceptors (Lipinski definition) is 4. The normalized spacial score (nSPS) is 20.0. The first-order valence-corrected chi connectivity index (χ1v) is 10.5. The number of ether oxygens (including phenoxy) is 1. The van der Waals surface area contributed by atoms with Crippen molar-refractivity contribution in [3.05, 3.63) is 70.8 Å². The summed E-state index contributed by atoms with van der Waals surface area (Å²) in [6.45, 7) is 1.82. The third-order valence-corrected chi connectivity index (χ3v) is 6.89. The fraction of sp³-hybridized carbons (Fsp3) is 0.250. The average molecular weight is 422 g/mol. The highest BCUT2D eigenvalue weighted by Crippen LogP contribution is 2.42. The van der Waals surface area contributed by atoms with Crippen LogP contribution in [0.1, 0.15) is 24.9 Å². The van der Waals surface area contributed by atoms with Gasteiger partial charge in [0.25, 0.3) is 0 Å². The topological polar surface area (TPSA) is 83.9 Å². The molecule has 0 bridgehead atoms. The summed E-state index contributed by atoms with van der Waals surface area (Å²) in [6, 6.07) is 11.1. The van der Waals surface area contributed by atoms with E-state index >= 15 is 0 Å². The SMILES string of the molecule is CC[C@H]1C=C(C(=O)O)[C@@H](c2ccc(OC)cc2)N1S(=O)(=O)c1ccc(Cl)cc1. The maximum Gasteiger partial charge on any atom is 0.333 e. The van der Waals surface area contributed by atoms with Gasteiger partial charge in [-0.25, -0.2) is 13.2 Å². The Labute approximate surface area is 169 Å². The maximum absolute atomic E-state index is 13.4. The van der Waals surface area contributed by atoms with Gasteiger partial charge in [-0.1, -0.05) is 36.7 Å². The Morgan fingerprint density at radius 2 is 1.75 bits per heavy atom. The molecule has 2 atom stereocenters. The van der Waals surface area contributed by atoms with Gasteiger partial charge in [-0.15, -0.1) is 0 Å². The number of nitrogens with zero attached hydrogens (tertiary/aromatic N) is 1. The van der Waals surface area contributed by atoms with Crippen LogP contribution in [0.5, 0.6) is 5.75 Å². The van der Waals surface area contributed by atoms with E-state index in [-0.39, 0.29) is 10.5 Å². The number of carboxylic acid groups (broad SMARTS) is 1. The molecular formula is C20H20ClNO5S. The molecule has 2 aromatic rings. The first-order chi connectivity index (χ1) is 13.3. The zero-order chi connectivity index (χ0) is 20.5. The van der Waals surface area contributed by atoms with Crippen LogP contribution in [0.3, 0.4) is 0 Å². The molecular weight excluding hydrogens is 402 g/mol. The lowest BCUT2D eigenvalue weighted by molar-refractivity contribution is -0.133. The second-order valence-electron chi connectivity index (χ2n) is 6.37. The van der Waals surface area contributed by atoms with E-state index in [1.165, 1.54) is 41.8 Å². The Balaban J connectivity index is 2.14. The molecule has 1 aliphatic heterocycles. The molecule has 8 heteroatoms. The van der Waals surface area contributed by atoms with Crippen molar-refractivity contribution in [2.75, 3.05) is 7.11 Å². The fourth-order valence-electron chi connectivity index (χ4n) is 3.34. The molecule has 0 spiro atoms. The third-order valence-electron chi connectivity index (χ3n) is 4.73. The van der Waals surface area contributed by atoms with Gasteiger partial charge in [-0.05, 0) is 48.4 Å². The molecule has 3 rings (SSSR count). The van der Waals surface area contributed by atoms with Crippen LogP contribution < -0.4 is 4.74 Å². The minimum absolute atomic E-state index is 0.0366. The molecule has 0 unspecified atom stereocenters. The summed E-state index contributed by atoms with van der Waals surface area (Å²) in [5, 5.41) is 10.1. The molecule has 148 valence electrons. The Morgan fingerprint density at radius 1 is 1.14 bits per heavy atom. The van der Waals surface area contributed by atoms with Crippen LogP contribution in [0, 0.1) is 0 Å². The first kappa shape index (κ1) is 20.4. The van der Waals surface area contributed by atoms with Gasteiger partial charge in [0.05, 0.1) is 23.6 Å². The van der Waals surface area contributed by atoms with Crippen LogP contribution in [0.4, 0.5) is 0 Å². The van der Waals surface area contributed by atoms with E-state index in [1.807, 2.05) is 6.92 Å². The first-order valence-electron chi connectivity index (χ1n) is 8.67. The summed E-state index contributed by atoms with van der Waals surface area (Å²) in [5.74, 6) is -0.546. The van der Waals surface area contributed by atoms with E-state index in [9.17, 15) is 18.3 Å². The second-order valence-corrected chi connectivity index (χ2v) is 8.65. The zero-order valence-corrected chi connectivity index (χ0v) is 16.9. The number of aliphatic carboxylic acids is 1. The predicted molar refractivity (Wildman–Crippen MR) is 106 cm³/mol. The molecule has 0 radical (unpaired) electrons. The highest BCUT2D eigenvalue weighted by molar-refractivity contribution is 7.89. The highest BCUT2D eigenvalue weighted by Gasteiger charge is 2.45. The van der Waals surface area contributed by atoms with Gasteiger partial charge in [0, 0.05) is 11.1 Å². The molecule has 0 aromatic heterocycles. The van der Waals surface area contributed by atoms with Crippen molar-refractivity contribution >= 4 is 27.6 Å². The van der Waals surface area contributed by atoms with Crippen molar-refractivity contribution in [1.29, 1.82) is 0 Å². The minimum Gasteiger partial charge on any atom is -0.497 e. The maximum atomic E-state index is 13.4. The summed E-state index contributed by atoms with van der Waals surface area (Å²) in [6.07, 6.45) is 1.96. The van der Waals surface area contributed by atoms with Gasteiger partial charge in [-0.3, -0.25) is 0 Å². The molecule has 0 fully saturated rings. The highest BCUT2D eigenvalue weighted by atomic mass is 35.5. The number of sulfonamides is 1. The number of carboxylic acids is 1. The van der Waals surface area contributed by atoms with Crippen molar-refractivity contribution < 1.29 is 23.1 Å². The number of hydrogen-bond donors (Lipinski definition) is 1. The zero-order valence-electron chi connectivity index (χ0n) is 15.4. The number of carbonyl (C=O) groups is 1. The van der Waals surface area contributed by atoms with Crippen molar-refractivity contribution in [3.63, 3.8) is 0 Å². The largest absolute Gasteiger partial charge is 0.497 e. The molecule has 0 aliphatic carbocycles. The standard InChI is InChI=1S/C20H20ClNO5S/c1-3-15-12-18(20(23)24)19(13-4-8-16(27-2)9-5-13)22(15)28(25,26)17-10-6-14(21)7-11-17/h4-12,15,19H,3H2,1-2H3,(H,23,24)/t15-,19+/m0/s1. The number of rotatable bonds is 6. The average Bonchev–Trinajstić information content (AvgIpc) is 3.09. The van der Waals surface area contributed by atoms with E-state index in [1.54, 1.807) is 24.3 Å². The van der Waals surface area contributed by atoms with Gasteiger partial charge in [-0.2, -0.15) is 4.31 Å². The van der Waals surface area contributed by atoms with Crippen molar-refractivity contribution in [2.24, 2.45) is 0 Å². The summed E-state index contributed by atoms with van der Waals surface area (Å²) in [7, 11) is -2.44. The van der Waals surface area contributed by atoms with Gasteiger partial charge in [0.15, 0.2) is 0 Å². The van der Waals surface area contributed by atoms with Gasteiger partial charge in [0.2, 0.25) is 10.0 Å². The van der Waals surface area contributed by atoms with Crippen LogP contribution in [-0.4, -0.2) is 37.0 Å². The van der Waals surface area contributed by atoms with Crippen LogP contribution >= 0.6 is 11.6 Å². The Morgan fingerprint density at radius 3 is 2.25 bits per heavy atom. The number of benzene rings is 2. The lowest BCUT2D eigenvalue weighted by Crippen LogP contribution is -2.38. The lowest BCUT2D eigenvalue weighted by Gasteiger charge is -2.30. The van der Waals surface area contributed by atoms with Gasteiger partial charge in [0.1, 0.15) is 5.75 Å². The van der Waals surface area contributed by atoms with E-state index < -0.39 is 28.1 Å². The molecule has 0 amide bonds. The molecule has 2 aromatic carbocycles. The number of methoxy groups -OCH3 is 1. The lowest BCUT2D eigenvalue weighted by atomic mass is 10.0. The third kappa shape index (κ3) is 3.65. The molecule has 1 N–H and O–H groups in total. The van der Waals surface area contributed by atoms with Crippen molar-refractivity contribution in [2.45, 2.75) is 30.3 Å². The summed E-state index contributed by atoms with van der Waals surface area (Å²) < 4.78 is 33.3. The predicted octanol–water partition coefficient (Wildman–Crippen LogP) is 3.88. The number of halogens is 1. The van der Waals surface area contributed by atoms with Crippen molar-refractivity contribution in [1.82, 2.24) is 4.31 Å². The second kappa shape index (κ2) is 7.95. The smallest absolute Gasteiger partial charge is 0.333 e. The molecule has 28 heavy (non-hydrogen) atoms. The molecule has 1 aliphatic rings. The fourth-order valence-corrected chi connectivity index (χ4v) is 5.27. The van der Waals surface area contributed by atoms with Gasteiger partial charge >= 0.3 is 5.97 Å². The van der Waals surface area contributed by atoms with E-state index in [4.69, 9.17) is 16.3 Å². The molecule has 0 saturated heterocycles. The minimum atomic E-state index is -3.97. The van der Waals surface area contributed by atoms with Crippen LogP contribution in [0.2, 0.25) is 5.02 Å². The summed E-state index contributed by atoms with van der Waals surface area (Å²) in [4.78, 5) is 12.0. The Hall–Kier alpha value is -2.35. The van der Waals surface area contributed by atoms with Gasteiger partial charge < -0.3 is 9.84 Å². The monoisotopic (exact) mass is 421 g/mol. The molecule has 0 saturated carbocycles. The molecule has 1 heterocycles. The van der Waals surface area contributed by atoms with Crippen LogP contribution in [0.25, 0.3) is 0 Å². The Kier molecular flexibility index (Phi) is 5.79. The quantitative estimate of drug-likeness (QED) is 0.765. The van der Waals surface area contributed by atoms with E-state index in [0.29, 0.717) is 22.8 Å². The van der Waals surface area contributed by atoms with Crippen LogP contribution in [-0.2, 0) is 14.8 Å².